The molecule has 0 saturated carbocycles. The highest BCUT2D eigenvalue weighted by Gasteiger charge is 2.51. The summed E-state index contributed by atoms with van der Waals surface area (Å²) < 4.78 is 29.9. The van der Waals surface area contributed by atoms with Crippen LogP contribution in [0, 0.1) is 0 Å². The maximum Gasteiger partial charge on any atom is 0.494 e. The summed E-state index contributed by atoms with van der Waals surface area (Å²) in [6, 6.07) is 31.4. The van der Waals surface area contributed by atoms with E-state index < -0.39 is 7.12 Å². The molecule has 1 heterocycles. The maximum absolute atomic E-state index is 8.78. The predicted molar refractivity (Wildman–Crippen MR) is 148 cm³/mol. The van der Waals surface area contributed by atoms with E-state index in [1.165, 1.54) is 0 Å². The molecule has 1 fully saturated rings. The molecule has 1 saturated heterocycles. The monoisotopic (exact) mass is 458 g/mol. The Morgan fingerprint density at radius 1 is 0.543 bits per heavy atom. The van der Waals surface area contributed by atoms with E-state index in [4.69, 9.17) is 12.1 Å². The van der Waals surface area contributed by atoms with Crippen LogP contribution in [0.2, 0.25) is 0 Å². The largest absolute Gasteiger partial charge is 0.494 e. The zero-order chi connectivity index (χ0) is 25.9. The highest BCUT2D eigenvalue weighted by molar-refractivity contribution is 6.62. The van der Waals surface area contributed by atoms with Gasteiger partial charge in [0.25, 0.3) is 0 Å². The van der Waals surface area contributed by atoms with Crippen molar-refractivity contribution in [1.29, 1.82) is 0 Å². The van der Waals surface area contributed by atoms with Gasteiger partial charge in [0, 0.05) is 0 Å². The van der Waals surface area contributed by atoms with Gasteiger partial charge in [-0.25, -0.2) is 0 Å². The summed E-state index contributed by atoms with van der Waals surface area (Å²) in [6.07, 6.45) is 0. The minimum absolute atomic E-state index is 0.386. The smallest absolute Gasteiger partial charge is 0.399 e. The number of fused-ring (bicyclic) bond motifs is 2. The van der Waals surface area contributed by atoms with Crippen LogP contribution >= 0.6 is 0 Å². The quantitative estimate of drug-likeness (QED) is 0.259. The summed E-state index contributed by atoms with van der Waals surface area (Å²) in [5.41, 5.74) is 3.93. The molecule has 35 heavy (non-hydrogen) atoms. The highest BCUT2D eigenvalue weighted by Crippen LogP contribution is 2.37. The molecule has 0 bridgehead atoms. The summed E-state index contributed by atoms with van der Waals surface area (Å²) in [5, 5.41) is 4.16. The van der Waals surface area contributed by atoms with Crippen LogP contribution in [0.15, 0.2) is 103 Å². The first kappa shape index (κ1) is 19.9. The Bertz CT molecular complexity index is 1660. The average Bonchev–Trinajstić information content (AvgIpc) is 3.09. The zero-order valence-electron chi connectivity index (χ0n) is 22.6. The third-order valence-corrected chi connectivity index (χ3v) is 7.48. The molecule has 2 nitrogen and oxygen atoms in total. The number of rotatable bonds is 3. The lowest BCUT2D eigenvalue weighted by atomic mass is 9.78. The normalized spacial score (nSPS) is 17.5. The van der Waals surface area contributed by atoms with E-state index in [-0.39, 0.29) is 11.2 Å². The van der Waals surface area contributed by atoms with Gasteiger partial charge in [-0.1, -0.05) is 84.9 Å². The van der Waals surface area contributed by atoms with Crippen LogP contribution in [-0.4, -0.2) is 18.3 Å². The van der Waals surface area contributed by atoms with E-state index in [2.05, 4.69) is 58.0 Å². The number of hydrogen-bond acceptors (Lipinski definition) is 2. The molecule has 6 rings (SSSR count). The van der Waals surface area contributed by atoms with Gasteiger partial charge in [0.15, 0.2) is 0 Å². The molecule has 1 aliphatic rings. The first-order valence-corrected chi connectivity index (χ1v) is 12.1. The fraction of sp³-hybridized carbons (Fsp3) is 0.188. The van der Waals surface area contributed by atoms with Crippen molar-refractivity contribution in [2.24, 2.45) is 0 Å². The first-order chi connectivity index (χ1) is 17.6. The molecule has 0 N–H and O–H groups in total. The summed E-state index contributed by atoms with van der Waals surface area (Å²) >= 11 is 0. The van der Waals surface area contributed by atoms with Crippen molar-refractivity contribution in [3.8, 4) is 22.3 Å². The molecule has 0 radical (unpaired) electrons. The Morgan fingerprint density at radius 2 is 1.09 bits per heavy atom. The molecule has 5 aromatic carbocycles. The lowest BCUT2D eigenvalue weighted by molar-refractivity contribution is 0.00578. The molecule has 0 amide bonds. The molecular weight excluding hydrogens is 427 g/mol. The summed E-state index contributed by atoms with van der Waals surface area (Å²) in [4.78, 5) is 0. The van der Waals surface area contributed by atoms with Crippen LogP contribution in [0.25, 0.3) is 43.8 Å². The molecular formula is C32H29BO2. The van der Waals surface area contributed by atoms with Crippen LogP contribution in [-0.2, 0) is 9.31 Å². The molecule has 0 aliphatic carbocycles. The Labute approximate surface area is 210 Å². The lowest BCUT2D eigenvalue weighted by Gasteiger charge is -2.32. The first-order valence-electron chi connectivity index (χ1n) is 13.1. The van der Waals surface area contributed by atoms with Gasteiger partial charge in [-0.3, -0.25) is 0 Å². The minimum Gasteiger partial charge on any atom is -0.399 e. The van der Waals surface area contributed by atoms with Gasteiger partial charge in [0.1, 0.15) is 0 Å². The minimum atomic E-state index is -0.408. The van der Waals surface area contributed by atoms with E-state index >= 15 is 0 Å². The van der Waals surface area contributed by atoms with Gasteiger partial charge < -0.3 is 9.31 Å². The summed E-state index contributed by atoms with van der Waals surface area (Å²) in [6.45, 7) is 8.26. The molecule has 172 valence electrons. The van der Waals surface area contributed by atoms with Gasteiger partial charge in [-0.05, 0) is 95.2 Å². The Hall–Kier alpha value is -3.40. The SMILES string of the molecule is [2H]c1cc2ccccc2cc1-c1cc2ccc(-c3cccc(B4OC(C)(C)C(C)(C)O4)c3)cc2cc1[2H]. The van der Waals surface area contributed by atoms with Crippen molar-refractivity contribution in [2.75, 3.05) is 0 Å². The standard InChI is InChI=1S/C32H29BO2/c1-31(2)32(3,4)35-33(34-31)30-11-7-10-24(21-30)25-14-15-29-20-28(17-16-27(29)19-25)26-13-12-22-8-5-6-9-23(22)18-26/h5-21H,1-4H3/i13D,17D. The van der Waals surface area contributed by atoms with Crippen molar-refractivity contribution >= 4 is 34.1 Å². The second-order valence-electron chi connectivity index (χ2n) is 10.4. The third-order valence-electron chi connectivity index (χ3n) is 7.48. The van der Waals surface area contributed by atoms with Crippen LogP contribution in [0.4, 0.5) is 0 Å². The molecule has 0 unspecified atom stereocenters. The van der Waals surface area contributed by atoms with Crippen LogP contribution in [0.1, 0.15) is 30.4 Å². The van der Waals surface area contributed by atoms with Crippen LogP contribution in [0.5, 0.6) is 0 Å². The zero-order valence-corrected chi connectivity index (χ0v) is 20.6. The second kappa shape index (κ2) is 8.08. The van der Waals surface area contributed by atoms with Gasteiger partial charge in [0.05, 0.1) is 13.9 Å². The topological polar surface area (TPSA) is 18.5 Å². The third kappa shape index (κ3) is 3.95. The molecule has 5 aromatic rings. The fourth-order valence-corrected chi connectivity index (χ4v) is 4.64. The molecule has 3 heteroatoms. The van der Waals surface area contributed by atoms with E-state index in [1.54, 1.807) is 0 Å². The Balaban J connectivity index is 1.37. The maximum atomic E-state index is 8.78. The van der Waals surface area contributed by atoms with Gasteiger partial charge in [0.2, 0.25) is 0 Å². The van der Waals surface area contributed by atoms with Gasteiger partial charge in [-0.2, -0.15) is 0 Å². The Kier molecular flexibility index (Phi) is 4.59. The van der Waals surface area contributed by atoms with Crippen molar-refractivity contribution in [3.63, 3.8) is 0 Å². The predicted octanol–water partition coefficient (Wildman–Crippen LogP) is 7.63. The fourth-order valence-electron chi connectivity index (χ4n) is 4.64. The second-order valence-corrected chi connectivity index (χ2v) is 10.4. The van der Waals surface area contributed by atoms with Gasteiger partial charge in [-0.15, -0.1) is 0 Å². The summed E-state index contributed by atoms with van der Waals surface area (Å²) in [7, 11) is -0.408. The van der Waals surface area contributed by atoms with Crippen molar-refractivity contribution < 1.29 is 12.1 Å². The van der Waals surface area contributed by atoms with Gasteiger partial charge >= 0.3 is 7.12 Å². The lowest BCUT2D eigenvalue weighted by Crippen LogP contribution is -2.41. The molecule has 0 atom stereocenters. The molecule has 0 spiro atoms. The Morgan fingerprint density at radius 3 is 1.80 bits per heavy atom. The van der Waals surface area contributed by atoms with Crippen molar-refractivity contribution in [2.45, 2.75) is 38.9 Å². The number of benzene rings is 5. The van der Waals surface area contributed by atoms with Crippen molar-refractivity contribution in [1.82, 2.24) is 0 Å². The van der Waals surface area contributed by atoms with E-state index in [0.29, 0.717) is 12.1 Å². The highest BCUT2D eigenvalue weighted by atomic mass is 16.7. The van der Waals surface area contributed by atoms with Crippen molar-refractivity contribution in [3.05, 3.63) is 103 Å². The number of hydrogen-bond donors (Lipinski definition) is 0. The van der Waals surface area contributed by atoms with E-state index in [1.807, 2.05) is 60.7 Å². The summed E-state index contributed by atoms with van der Waals surface area (Å²) in [5.74, 6) is 0. The van der Waals surface area contributed by atoms with Crippen LogP contribution < -0.4 is 5.46 Å². The molecule has 0 aromatic heterocycles. The van der Waals surface area contributed by atoms with Crippen LogP contribution in [0.3, 0.4) is 0 Å². The average molecular weight is 458 g/mol. The van der Waals surface area contributed by atoms with E-state index in [9.17, 15) is 0 Å². The molecule has 1 aliphatic heterocycles. The van der Waals surface area contributed by atoms with E-state index in [0.717, 1.165) is 49.3 Å².